The molecule has 0 atom stereocenters. The number of nitrogens with zero attached hydrogens (tertiary/aromatic N) is 5. The Labute approximate surface area is 183 Å². The fraction of sp³-hybridized carbons (Fsp3) is 0.182. The van der Waals surface area contributed by atoms with Gasteiger partial charge in [-0.15, -0.1) is 10.2 Å². The van der Waals surface area contributed by atoms with Gasteiger partial charge in [-0.3, -0.25) is 9.48 Å². The van der Waals surface area contributed by atoms with E-state index in [0.717, 1.165) is 16.8 Å². The summed E-state index contributed by atoms with van der Waals surface area (Å²) in [5.74, 6) is 0.452. The molecule has 7 nitrogen and oxygen atoms in total. The van der Waals surface area contributed by atoms with Gasteiger partial charge in [0.25, 0.3) is 0 Å². The second-order valence-corrected chi connectivity index (χ2v) is 7.77. The van der Waals surface area contributed by atoms with Crippen molar-refractivity contribution in [2.45, 2.75) is 18.6 Å². The molecular weight excluding hydrogens is 415 g/mol. The highest BCUT2D eigenvalue weighted by Crippen LogP contribution is 2.32. The van der Waals surface area contributed by atoms with E-state index < -0.39 is 0 Å². The van der Waals surface area contributed by atoms with Crippen molar-refractivity contribution in [3.05, 3.63) is 66.6 Å². The molecule has 1 N–H and O–H groups in total. The van der Waals surface area contributed by atoms with Crippen molar-refractivity contribution in [2.24, 2.45) is 7.05 Å². The van der Waals surface area contributed by atoms with E-state index in [1.807, 2.05) is 55.1 Å². The van der Waals surface area contributed by atoms with Crippen LogP contribution in [0.5, 0.6) is 0 Å². The Hall–Kier alpha value is -3.46. The lowest BCUT2D eigenvalue weighted by Gasteiger charge is -2.08. The Bertz CT molecular complexity index is 1190. The molecule has 2 aromatic heterocycles. The Morgan fingerprint density at radius 3 is 2.55 bits per heavy atom. The molecule has 0 unspecified atom stereocenters. The van der Waals surface area contributed by atoms with E-state index in [-0.39, 0.29) is 17.5 Å². The molecule has 0 fully saturated rings. The largest absolute Gasteiger partial charge is 0.325 e. The van der Waals surface area contributed by atoms with Crippen LogP contribution in [0.15, 0.2) is 66.0 Å². The van der Waals surface area contributed by atoms with Crippen molar-refractivity contribution >= 4 is 23.4 Å². The number of carbonyl (C=O) groups is 1. The number of thioether (sulfide) groups is 1. The predicted octanol–water partition coefficient (Wildman–Crippen LogP) is 4.24. The van der Waals surface area contributed by atoms with Crippen LogP contribution in [0.2, 0.25) is 0 Å². The molecule has 0 radical (unpaired) electrons. The van der Waals surface area contributed by atoms with Crippen molar-refractivity contribution in [3.63, 3.8) is 0 Å². The standard InChI is InChI=1S/C22H21FN6OS/c1-3-29-21(18-13-28(2)27-20(18)15-9-11-16(23)12-10-15)25-26-22(29)31-14-19(30)24-17-7-5-4-6-8-17/h4-13H,3,14H2,1-2H3,(H,24,30). The van der Waals surface area contributed by atoms with Crippen molar-refractivity contribution in [3.8, 4) is 22.6 Å². The average molecular weight is 437 g/mol. The van der Waals surface area contributed by atoms with Crippen LogP contribution < -0.4 is 5.32 Å². The maximum Gasteiger partial charge on any atom is 0.234 e. The number of aryl methyl sites for hydroxylation is 1. The lowest BCUT2D eigenvalue weighted by molar-refractivity contribution is -0.113. The van der Waals surface area contributed by atoms with Gasteiger partial charge in [0.2, 0.25) is 5.91 Å². The molecule has 1 amide bonds. The number of hydrogen-bond acceptors (Lipinski definition) is 5. The minimum Gasteiger partial charge on any atom is -0.325 e. The van der Waals surface area contributed by atoms with Gasteiger partial charge in [-0.1, -0.05) is 30.0 Å². The molecule has 0 saturated carbocycles. The molecule has 31 heavy (non-hydrogen) atoms. The van der Waals surface area contributed by atoms with Gasteiger partial charge in [0.1, 0.15) is 11.5 Å². The lowest BCUT2D eigenvalue weighted by Crippen LogP contribution is -2.14. The number of amides is 1. The molecular formula is C22H21FN6OS. The summed E-state index contributed by atoms with van der Waals surface area (Å²) < 4.78 is 17.0. The van der Waals surface area contributed by atoms with Crippen LogP contribution in [0.4, 0.5) is 10.1 Å². The third-order valence-electron chi connectivity index (χ3n) is 4.61. The zero-order valence-electron chi connectivity index (χ0n) is 17.1. The third kappa shape index (κ3) is 4.66. The minimum absolute atomic E-state index is 0.114. The number of rotatable bonds is 7. The summed E-state index contributed by atoms with van der Waals surface area (Å²) in [5.41, 5.74) is 3.04. The van der Waals surface area contributed by atoms with Crippen LogP contribution in [0.3, 0.4) is 0 Å². The van der Waals surface area contributed by atoms with Gasteiger partial charge in [0, 0.05) is 31.0 Å². The van der Waals surface area contributed by atoms with Crippen LogP contribution >= 0.6 is 11.8 Å². The number of anilines is 1. The normalized spacial score (nSPS) is 10.9. The van der Waals surface area contributed by atoms with Crippen LogP contribution in [0, 0.1) is 5.82 Å². The molecule has 9 heteroatoms. The smallest absolute Gasteiger partial charge is 0.234 e. The highest BCUT2D eigenvalue weighted by Gasteiger charge is 2.20. The third-order valence-corrected chi connectivity index (χ3v) is 5.58. The van der Waals surface area contributed by atoms with E-state index in [9.17, 15) is 9.18 Å². The fourth-order valence-corrected chi connectivity index (χ4v) is 4.00. The van der Waals surface area contributed by atoms with Gasteiger partial charge in [0.05, 0.1) is 11.3 Å². The van der Waals surface area contributed by atoms with Crippen molar-refractivity contribution in [1.29, 1.82) is 0 Å². The molecule has 2 aromatic carbocycles. The highest BCUT2D eigenvalue weighted by molar-refractivity contribution is 7.99. The Balaban J connectivity index is 1.56. The summed E-state index contributed by atoms with van der Waals surface area (Å²) >= 11 is 1.33. The highest BCUT2D eigenvalue weighted by atomic mass is 32.2. The molecule has 0 saturated heterocycles. The van der Waals surface area contributed by atoms with E-state index in [1.165, 1.54) is 23.9 Å². The topological polar surface area (TPSA) is 77.6 Å². The van der Waals surface area contributed by atoms with Crippen molar-refractivity contribution < 1.29 is 9.18 Å². The summed E-state index contributed by atoms with van der Waals surface area (Å²) in [6.07, 6.45) is 1.87. The number of hydrogen-bond donors (Lipinski definition) is 1. The number of para-hydroxylation sites is 1. The molecule has 0 aliphatic heterocycles. The predicted molar refractivity (Wildman–Crippen MR) is 119 cm³/mol. The lowest BCUT2D eigenvalue weighted by atomic mass is 10.1. The van der Waals surface area contributed by atoms with E-state index >= 15 is 0 Å². The average Bonchev–Trinajstić information content (AvgIpc) is 3.36. The second kappa shape index (κ2) is 9.13. The summed E-state index contributed by atoms with van der Waals surface area (Å²) in [5, 5.41) is 16.7. The SMILES string of the molecule is CCn1c(SCC(=O)Nc2ccccc2)nnc1-c1cn(C)nc1-c1ccc(F)cc1. The first-order valence-corrected chi connectivity index (χ1v) is 10.7. The number of halogens is 1. The number of benzene rings is 2. The summed E-state index contributed by atoms with van der Waals surface area (Å²) in [6.45, 7) is 2.62. The summed E-state index contributed by atoms with van der Waals surface area (Å²) in [6, 6.07) is 15.5. The van der Waals surface area contributed by atoms with Gasteiger partial charge < -0.3 is 9.88 Å². The molecule has 0 bridgehead atoms. The van der Waals surface area contributed by atoms with E-state index in [4.69, 9.17) is 0 Å². The Morgan fingerprint density at radius 2 is 1.84 bits per heavy atom. The van der Waals surface area contributed by atoms with Crippen LogP contribution in [-0.4, -0.2) is 36.2 Å². The molecule has 4 aromatic rings. The summed E-state index contributed by atoms with van der Waals surface area (Å²) in [4.78, 5) is 12.3. The first-order valence-electron chi connectivity index (χ1n) is 9.76. The van der Waals surface area contributed by atoms with Crippen LogP contribution in [-0.2, 0) is 18.4 Å². The first-order chi connectivity index (χ1) is 15.0. The monoisotopic (exact) mass is 436 g/mol. The van der Waals surface area contributed by atoms with Crippen molar-refractivity contribution in [1.82, 2.24) is 24.5 Å². The molecule has 4 rings (SSSR count). The number of carbonyl (C=O) groups excluding carboxylic acids is 1. The van der Waals surface area contributed by atoms with E-state index in [0.29, 0.717) is 23.2 Å². The number of aromatic nitrogens is 5. The zero-order chi connectivity index (χ0) is 21.8. The molecule has 0 aliphatic carbocycles. The molecule has 158 valence electrons. The van der Waals surface area contributed by atoms with Gasteiger partial charge in [0.15, 0.2) is 11.0 Å². The molecule has 2 heterocycles. The van der Waals surface area contributed by atoms with Crippen LogP contribution in [0.1, 0.15) is 6.92 Å². The van der Waals surface area contributed by atoms with Crippen LogP contribution in [0.25, 0.3) is 22.6 Å². The number of nitrogens with one attached hydrogen (secondary N) is 1. The fourth-order valence-electron chi connectivity index (χ4n) is 3.20. The van der Waals surface area contributed by atoms with Gasteiger partial charge in [-0.05, 0) is 43.3 Å². The summed E-state index contributed by atoms with van der Waals surface area (Å²) in [7, 11) is 1.83. The maximum atomic E-state index is 13.4. The van der Waals surface area contributed by atoms with Crippen molar-refractivity contribution in [2.75, 3.05) is 11.1 Å². The minimum atomic E-state index is -0.301. The van der Waals surface area contributed by atoms with Gasteiger partial charge in [-0.25, -0.2) is 4.39 Å². The van der Waals surface area contributed by atoms with E-state index in [2.05, 4.69) is 20.6 Å². The van der Waals surface area contributed by atoms with Gasteiger partial charge >= 0.3 is 0 Å². The first kappa shape index (κ1) is 20.8. The molecule has 0 aliphatic rings. The zero-order valence-corrected chi connectivity index (χ0v) is 17.9. The maximum absolute atomic E-state index is 13.4. The second-order valence-electron chi connectivity index (χ2n) is 6.83. The quantitative estimate of drug-likeness (QED) is 0.439. The Morgan fingerprint density at radius 1 is 1.10 bits per heavy atom. The Kier molecular flexibility index (Phi) is 6.13. The molecule has 0 spiro atoms. The van der Waals surface area contributed by atoms with Gasteiger partial charge in [-0.2, -0.15) is 5.10 Å². The van der Waals surface area contributed by atoms with E-state index in [1.54, 1.807) is 16.8 Å².